The summed E-state index contributed by atoms with van der Waals surface area (Å²) in [7, 11) is -1.51. The van der Waals surface area contributed by atoms with E-state index in [4.69, 9.17) is 18.4 Å². The van der Waals surface area contributed by atoms with E-state index in [0.29, 0.717) is 6.42 Å². The Kier molecular flexibility index (Phi) is 9.50. The van der Waals surface area contributed by atoms with E-state index >= 15 is 0 Å². The second-order valence-electron chi connectivity index (χ2n) is 7.50. The van der Waals surface area contributed by atoms with Gasteiger partial charge in [0.25, 0.3) is 10.1 Å². The van der Waals surface area contributed by atoms with Gasteiger partial charge in [-0.1, -0.05) is 44.9 Å². The van der Waals surface area contributed by atoms with Crippen LogP contribution < -0.4 is 9.47 Å². The fourth-order valence-electron chi connectivity index (χ4n) is 2.64. The van der Waals surface area contributed by atoms with E-state index in [2.05, 4.69) is 9.97 Å². The molecule has 0 radical (unpaired) electrons. The van der Waals surface area contributed by atoms with E-state index in [1.807, 2.05) is 13.8 Å². The van der Waals surface area contributed by atoms with Crippen molar-refractivity contribution >= 4 is 27.8 Å². The molecular weight excluding hydrogens is 468 g/mol. The molecule has 182 valence electrons. The molecule has 0 saturated carbocycles. The van der Waals surface area contributed by atoms with Gasteiger partial charge in [-0.25, -0.2) is 8.98 Å². The van der Waals surface area contributed by atoms with Crippen molar-refractivity contribution in [2.24, 2.45) is 5.92 Å². The highest BCUT2D eigenvalue weighted by Gasteiger charge is 2.51. The molecule has 1 atom stereocenters. The van der Waals surface area contributed by atoms with E-state index < -0.39 is 26.9 Å². The molecule has 1 unspecified atom stereocenters. The van der Waals surface area contributed by atoms with Gasteiger partial charge in [0.2, 0.25) is 16.7 Å². The summed E-state index contributed by atoms with van der Waals surface area (Å²) >= 11 is 0.736. The van der Waals surface area contributed by atoms with Crippen LogP contribution in [0.1, 0.15) is 39.2 Å². The zero-order valence-corrected chi connectivity index (χ0v) is 21.3. The standard InChI is InChI=1S/C22H30N2O7S2/c1-7-8-13-30-20(25)22(15(2)3,31-33(26,27)17-11-9-16(4)10-12-17)32-21-23-18(28-5)14-19(24-21)29-6/h9-12,14-15H,7-8,13H2,1-6H3. The van der Waals surface area contributed by atoms with E-state index in [0.717, 1.165) is 23.7 Å². The average Bonchev–Trinajstić information content (AvgIpc) is 2.78. The first kappa shape index (κ1) is 26.9. The van der Waals surface area contributed by atoms with Gasteiger partial charge < -0.3 is 14.2 Å². The lowest BCUT2D eigenvalue weighted by Gasteiger charge is -2.32. The molecule has 0 bridgehead atoms. The third-order valence-corrected chi connectivity index (χ3v) is 7.47. The van der Waals surface area contributed by atoms with Crippen molar-refractivity contribution in [1.29, 1.82) is 0 Å². The normalized spacial score (nSPS) is 13.4. The van der Waals surface area contributed by atoms with Crippen LogP contribution in [0.5, 0.6) is 11.8 Å². The largest absolute Gasteiger partial charge is 0.481 e. The highest BCUT2D eigenvalue weighted by Crippen LogP contribution is 2.43. The molecule has 2 aromatic rings. The van der Waals surface area contributed by atoms with Crippen LogP contribution >= 0.6 is 11.8 Å². The number of hydrogen-bond acceptors (Lipinski definition) is 10. The summed E-state index contributed by atoms with van der Waals surface area (Å²) < 4.78 is 47.8. The molecule has 11 heteroatoms. The number of ether oxygens (including phenoxy) is 3. The van der Waals surface area contributed by atoms with E-state index in [-0.39, 0.29) is 28.4 Å². The van der Waals surface area contributed by atoms with Crippen LogP contribution in [0.25, 0.3) is 0 Å². The Bertz CT molecular complexity index is 1020. The summed E-state index contributed by atoms with van der Waals surface area (Å²) in [4.78, 5) is 19.7. The predicted octanol–water partition coefficient (Wildman–Crippen LogP) is 4.00. The van der Waals surface area contributed by atoms with Crippen molar-refractivity contribution in [3.05, 3.63) is 35.9 Å². The molecule has 0 aliphatic rings. The Balaban J connectivity index is 2.56. The number of carbonyl (C=O) groups is 1. The summed E-state index contributed by atoms with van der Waals surface area (Å²) in [6, 6.07) is 7.61. The molecule has 0 saturated heterocycles. The molecule has 0 aliphatic carbocycles. The number of aryl methyl sites for hydroxylation is 1. The van der Waals surface area contributed by atoms with Crippen molar-refractivity contribution in [2.75, 3.05) is 20.8 Å². The molecule has 9 nitrogen and oxygen atoms in total. The number of methoxy groups -OCH3 is 2. The number of rotatable bonds is 12. The molecule has 0 N–H and O–H groups in total. The summed E-state index contributed by atoms with van der Waals surface area (Å²) in [5.41, 5.74) is 0.884. The Hall–Kier alpha value is -2.37. The van der Waals surface area contributed by atoms with Crippen LogP contribution in [0.3, 0.4) is 0 Å². The second-order valence-corrected chi connectivity index (χ2v) is 10.2. The summed E-state index contributed by atoms with van der Waals surface area (Å²) in [6.45, 7) is 7.24. The first-order chi connectivity index (χ1) is 15.6. The number of hydrogen-bond donors (Lipinski definition) is 0. The van der Waals surface area contributed by atoms with Crippen LogP contribution in [0.15, 0.2) is 40.4 Å². The Labute approximate surface area is 199 Å². The first-order valence-electron chi connectivity index (χ1n) is 10.4. The minimum atomic E-state index is -4.35. The van der Waals surface area contributed by atoms with Crippen molar-refractivity contribution in [2.45, 2.75) is 55.5 Å². The summed E-state index contributed by atoms with van der Waals surface area (Å²) in [5, 5.41) is 0.0337. The molecule has 0 amide bonds. The maximum absolute atomic E-state index is 13.3. The lowest BCUT2D eigenvalue weighted by Crippen LogP contribution is -2.46. The third-order valence-electron chi connectivity index (χ3n) is 4.64. The molecule has 1 aromatic heterocycles. The molecule has 33 heavy (non-hydrogen) atoms. The number of aromatic nitrogens is 2. The lowest BCUT2D eigenvalue weighted by molar-refractivity contribution is -0.157. The molecular formula is C22H30N2O7S2. The van der Waals surface area contributed by atoms with Crippen molar-refractivity contribution in [3.8, 4) is 11.8 Å². The van der Waals surface area contributed by atoms with E-state index in [9.17, 15) is 13.2 Å². The van der Waals surface area contributed by atoms with Crippen LogP contribution in [0.4, 0.5) is 0 Å². The molecule has 2 rings (SSSR count). The molecule has 0 aliphatic heterocycles. The lowest BCUT2D eigenvalue weighted by atomic mass is 10.1. The Morgan fingerprint density at radius 2 is 1.67 bits per heavy atom. The molecule has 0 spiro atoms. The highest BCUT2D eigenvalue weighted by molar-refractivity contribution is 8.01. The van der Waals surface area contributed by atoms with Crippen molar-refractivity contribution in [3.63, 3.8) is 0 Å². The molecule has 0 fully saturated rings. The Morgan fingerprint density at radius 3 is 2.15 bits per heavy atom. The number of carbonyl (C=O) groups excluding carboxylic acids is 1. The van der Waals surface area contributed by atoms with Gasteiger partial charge in [-0.3, -0.25) is 0 Å². The van der Waals surface area contributed by atoms with Crippen LogP contribution in [0.2, 0.25) is 0 Å². The minimum absolute atomic E-state index is 0.0337. The van der Waals surface area contributed by atoms with Gasteiger partial charge in [0.1, 0.15) is 0 Å². The van der Waals surface area contributed by atoms with Gasteiger partial charge in [0.15, 0.2) is 5.16 Å². The average molecular weight is 499 g/mol. The quantitative estimate of drug-likeness (QED) is 0.106. The van der Waals surface area contributed by atoms with Crippen LogP contribution in [-0.4, -0.2) is 50.1 Å². The number of thioether (sulfide) groups is 1. The topological polar surface area (TPSA) is 114 Å². The zero-order chi connectivity index (χ0) is 24.6. The van der Waals surface area contributed by atoms with Crippen LogP contribution in [-0.2, 0) is 23.8 Å². The fourth-order valence-corrected chi connectivity index (χ4v) is 5.12. The second kappa shape index (κ2) is 11.7. The van der Waals surface area contributed by atoms with Crippen LogP contribution in [0, 0.1) is 12.8 Å². The number of nitrogens with zero attached hydrogens (tertiary/aromatic N) is 2. The maximum atomic E-state index is 13.3. The number of benzene rings is 1. The van der Waals surface area contributed by atoms with E-state index in [1.54, 1.807) is 26.0 Å². The number of esters is 1. The smallest absolute Gasteiger partial charge is 0.351 e. The molecule has 1 heterocycles. The Morgan fingerprint density at radius 1 is 1.09 bits per heavy atom. The van der Waals surface area contributed by atoms with Crippen molar-refractivity contribution in [1.82, 2.24) is 9.97 Å². The van der Waals surface area contributed by atoms with Crippen molar-refractivity contribution < 1.29 is 31.6 Å². The summed E-state index contributed by atoms with van der Waals surface area (Å²) in [6.07, 6.45) is 1.42. The van der Waals surface area contributed by atoms with Gasteiger partial charge in [0.05, 0.1) is 31.8 Å². The monoisotopic (exact) mass is 498 g/mol. The van der Waals surface area contributed by atoms with Gasteiger partial charge in [-0.2, -0.15) is 18.4 Å². The molecule has 1 aromatic carbocycles. The van der Waals surface area contributed by atoms with E-state index in [1.165, 1.54) is 32.4 Å². The first-order valence-corrected chi connectivity index (χ1v) is 12.7. The maximum Gasteiger partial charge on any atom is 0.351 e. The zero-order valence-electron chi connectivity index (χ0n) is 19.7. The SMILES string of the molecule is CCCCOC(=O)C(OS(=O)(=O)c1ccc(C)cc1)(Sc1nc(OC)cc(OC)n1)C(C)C. The fraction of sp³-hybridized carbons (Fsp3) is 0.500. The number of unbranched alkanes of at least 4 members (excludes halogenated alkanes) is 1. The van der Waals surface area contributed by atoms with Gasteiger partial charge >= 0.3 is 5.97 Å². The van der Waals surface area contributed by atoms with Gasteiger partial charge in [0, 0.05) is 5.92 Å². The summed E-state index contributed by atoms with van der Waals surface area (Å²) in [5.74, 6) is -1.11. The predicted molar refractivity (Wildman–Crippen MR) is 124 cm³/mol. The third kappa shape index (κ3) is 6.81. The van der Waals surface area contributed by atoms with Gasteiger partial charge in [-0.15, -0.1) is 0 Å². The minimum Gasteiger partial charge on any atom is -0.481 e. The van der Waals surface area contributed by atoms with Gasteiger partial charge in [-0.05, 0) is 37.2 Å². The highest BCUT2D eigenvalue weighted by atomic mass is 32.2.